The van der Waals surface area contributed by atoms with Gasteiger partial charge < -0.3 is 15.1 Å². The summed E-state index contributed by atoms with van der Waals surface area (Å²) < 4.78 is 5.85. The van der Waals surface area contributed by atoms with E-state index in [4.69, 9.17) is 4.42 Å². The van der Waals surface area contributed by atoms with Gasteiger partial charge in [-0.15, -0.1) is 24.8 Å². The molecular formula is C19H33Cl2N3O2. The average Bonchev–Trinajstić information content (AvgIpc) is 3.27. The lowest BCUT2D eigenvalue weighted by Gasteiger charge is -2.26. The van der Waals surface area contributed by atoms with Gasteiger partial charge in [-0.1, -0.05) is 0 Å². The van der Waals surface area contributed by atoms with Gasteiger partial charge in [0.15, 0.2) is 0 Å². The number of piperidine rings is 1. The predicted molar refractivity (Wildman–Crippen MR) is 109 cm³/mol. The van der Waals surface area contributed by atoms with Crippen molar-refractivity contribution in [3.05, 3.63) is 23.7 Å². The summed E-state index contributed by atoms with van der Waals surface area (Å²) in [7, 11) is 0. The standard InChI is InChI=1S/C19H31N3O2.2ClH/c1-15-4-6-18(24-15)17(22-12-2-3-13-22)14-21-19(23)7-5-16-8-10-20-11-9-16;;/h4,6,16-17,20H,2-3,5,7-14H2,1H3,(H,21,23);2*1H. The number of hydrogen-bond donors (Lipinski definition) is 2. The van der Waals surface area contributed by atoms with E-state index in [1.165, 1.54) is 25.7 Å². The first-order valence-corrected chi connectivity index (χ1v) is 9.50. The molecule has 2 N–H and O–H groups in total. The largest absolute Gasteiger partial charge is 0.465 e. The van der Waals surface area contributed by atoms with Crippen LogP contribution in [0.25, 0.3) is 0 Å². The number of nitrogens with zero attached hydrogens (tertiary/aromatic N) is 1. The van der Waals surface area contributed by atoms with Crippen molar-refractivity contribution in [2.45, 2.75) is 51.5 Å². The van der Waals surface area contributed by atoms with E-state index < -0.39 is 0 Å². The maximum Gasteiger partial charge on any atom is 0.220 e. The van der Waals surface area contributed by atoms with Gasteiger partial charge in [0, 0.05) is 13.0 Å². The molecule has 0 bridgehead atoms. The number of halogens is 2. The number of carbonyl (C=O) groups is 1. The maximum absolute atomic E-state index is 12.3. The molecule has 5 nitrogen and oxygen atoms in total. The molecule has 0 aliphatic carbocycles. The fraction of sp³-hybridized carbons (Fsp3) is 0.737. The molecule has 2 fully saturated rings. The highest BCUT2D eigenvalue weighted by molar-refractivity contribution is 5.85. The van der Waals surface area contributed by atoms with Gasteiger partial charge in [-0.3, -0.25) is 9.69 Å². The van der Waals surface area contributed by atoms with Crippen molar-refractivity contribution < 1.29 is 9.21 Å². The molecule has 0 saturated carbocycles. The molecule has 1 amide bonds. The third-order valence-corrected chi connectivity index (χ3v) is 5.40. The van der Waals surface area contributed by atoms with Gasteiger partial charge in [-0.25, -0.2) is 0 Å². The molecule has 0 aromatic carbocycles. The van der Waals surface area contributed by atoms with Crippen molar-refractivity contribution in [2.75, 3.05) is 32.7 Å². The van der Waals surface area contributed by atoms with E-state index in [9.17, 15) is 4.79 Å². The fourth-order valence-electron chi connectivity index (χ4n) is 3.90. The molecule has 26 heavy (non-hydrogen) atoms. The van der Waals surface area contributed by atoms with Gasteiger partial charge in [0.2, 0.25) is 5.91 Å². The molecule has 3 heterocycles. The smallest absolute Gasteiger partial charge is 0.220 e. The van der Waals surface area contributed by atoms with Gasteiger partial charge in [0.25, 0.3) is 0 Å². The fourth-order valence-corrected chi connectivity index (χ4v) is 3.90. The highest BCUT2D eigenvalue weighted by Crippen LogP contribution is 2.26. The van der Waals surface area contributed by atoms with E-state index in [1.807, 2.05) is 13.0 Å². The van der Waals surface area contributed by atoms with Gasteiger partial charge >= 0.3 is 0 Å². The average molecular weight is 406 g/mol. The summed E-state index contributed by atoms with van der Waals surface area (Å²) in [6.45, 7) is 7.01. The zero-order valence-electron chi connectivity index (χ0n) is 15.7. The Kier molecular flexibility index (Phi) is 10.6. The van der Waals surface area contributed by atoms with E-state index in [-0.39, 0.29) is 36.8 Å². The summed E-state index contributed by atoms with van der Waals surface area (Å²) in [5.74, 6) is 2.81. The third-order valence-electron chi connectivity index (χ3n) is 5.40. The number of aryl methyl sites for hydroxylation is 1. The second-order valence-electron chi connectivity index (χ2n) is 7.24. The van der Waals surface area contributed by atoms with E-state index in [0.29, 0.717) is 18.9 Å². The number of hydrogen-bond acceptors (Lipinski definition) is 4. The van der Waals surface area contributed by atoms with Crippen LogP contribution in [0.5, 0.6) is 0 Å². The van der Waals surface area contributed by atoms with Crippen LogP contribution in [0.2, 0.25) is 0 Å². The minimum absolute atomic E-state index is 0. The van der Waals surface area contributed by atoms with Crippen LogP contribution >= 0.6 is 24.8 Å². The van der Waals surface area contributed by atoms with E-state index in [2.05, 4.69) is 21.6 Å². The Morgan fingerprint density at radius 1 is 1.27 bits per heavy atom. The Bertz CT molecular complexity index is 527. The number of nitrogens with one attached hydrogen (secondary N) is 2. The Balaban J connectivity index is 0.00000169. The molecular weight excluding hydrogens is 373 g/mol. The van der Waals surface area contributed by atoms with Gasteiger partial charge in [-0.2, -0.15) is 0 Å². The van der Waals surface area contributed by atoms with E-state index in [1.54, 1.807) is 0 Å². The number of amides is 1. The molecule has 2 aliphatic rings. The Morgan fingerprint density at radius 2 is 1.96 bits per heavy atom. The lowest BCUT2D eigenvalue weighted by molar-refractivity contribution is -0.121. The topological polar surface area (TPSA) is 57.5 Å². The number of carbonyl (C=O) groups excluding carboxylic acids is 1. The molecule has 0 spiro atoms. The second kappa shape index (κ2) is 11.9. The zero-order valence-corrected chi connectivity index (χ0v) is 17.3. The minimum Gasteiger partial charge on any atom is -0.465 e. The van der Waals surface area contributed by atoms with Crippen LogP contribution in [0.15, 0.2) is 16.5 Å². The summed E-state index contributed by atoms with van der Waals surface area (Å²) in [4.78, 5) is 14.7. The number of furan rings is 1. The summed E-state index contributed by atoms with van der Waals surface area (Å²) in [5, 5.41) is 6.53. The highest BCUT2D eigenvalue weighted by atomic mass is 35.5. The predicted octanol–water partition coefficient (Wildman–Crippen LogP) is 3.46. The van der Waals surface area contributed by atoms with Crippen LogP contribution in [0.1, 0.15) is 56.1 Å². The summed E-state index contributed by atoms with van der Waals surface area (Å²) in [5.41, 5.74) is 0. The first kappa shape index (κ1) is 23.3. The van der Waals surface area contributed by atoms with E-state index in [0.717, 1.165) is 44.1 Å². The minimum atomic E-state index is 0. The molecule has 150 valence electrons. The number of rotatable bonds is 7. The monoisotopic (exact) mass is 405 g/mol. The summed E-state index contributed by atoms with van der Waals surface area (Å²) >= 11 is 0. The van der Waals surface area contributed by atoms with Crippen molar-refractivity contribution >= 4 is 30.7 Å². The van der Waals surface area contributed by atoms with Crippen molar-refractivity contribution in [2.24, 2.45) is 5.92 Å². The number of likely N-dealkylation sites (tertiary alicyclic amines) is 1. The molecule has 1 aromatic rings. The van der Waals surface area contributed by atoms with Gasteiger partial charge in [-0.05, 0) is 83.3 Å². The molecule has 1 unspecified atom stereocenters. The second-order valence-corrected chi connectivity index (χ2v) is 7.24. The van der Waals surface area contributed by atoms with Crippen LogP contribution in [0.4, 0.5) is 0 Å². The SMILES string of the molecule is Cc1ccc(C(CNC(=O)CCC2CCNCC2)N2CCCC2)o1.Cl.Cl. The van der Waals surface area contributed by atoms with Crippen molar-refractivity contribution in [3.8, 4) is 0 Å². The van der Waals surface area contributed by atoms with Crippen molar-refractivity contribution in [1.29, 1.82) is 0 Å². The molecule has 3 rings (SSSR count). The first-order valence-electron chi connectivity index (χ1n) is 9.50. The van der Waals surface area contributed by atoms with E-state index >= 15 is 0 Å². The summed E-state index contributed by atoms with van der Waals surface area (Å²) in [6.07, 6.45) is 6.54. The Labute approximate surface area is 169 Å². The lowest BCUT2D eigenvalue weighted by Crippen LogP contribution is -2.37. The normalized spacial score (nSPS) is 19.4. The quantitative estimate of drug-likeness (QED) is 0.728. The lowest BCUT2D eigenvalue weighted by atomic mass is 9.93. The molecule has 0 radical (unpaired) electrons. The van der Waals surface area contributed by atoms with Crippen LogP contribution in [0, 0.1) is 12.8 Å². The van der Waals surface area contributed by atoms with Crippen molar-refractivity contribution in [3.63, 3.8) is 0 Å². The Morgan fingerprint density at radius 3 is 2.58 bits per heavy atom. The summed E-state index contributed by atoms with van der Waals surface area (Å²) in [6, 6.07) is 4.24. The Hall–Kier alpha value is -0.750. The molecule has 1 atom stereocenters. The zero-order chi connectivity index (χ0) is 16.8. The van der Waals surface area contributed by atoms with Gasteiger partial charge in [0.1, 0.15) is 11.5 Å². The van der Waals surface area contributed by atoms with Crippen LogP contribution in [-0.4, -0.2) is 43.5 Å². The third kappa shape index (κ3) is 6.76. The molecule has 2 saturated heterocycles. The van der Waals surface area contributed by atoms with Crippen LogP contribution < -0.4 is 10.6 Å². The molecule has 2 aliphatic heterocycles. The molecule has 1 aromatic heterocycles. The van der Waals surface area contributed by atoms with Gasteiger partial charge in [0.05, 0.1) is 6.04 Å². The van der Waals surface area contributed by atoms with Crippen molar-refractivity contribution in [1.82, 2.24) is 15.5 Å². The van der Waals surface area contributed by atoms with Crippen LogP contribution in [0.3, 0.4) is 0 Å². The first-order chi connectivity index (χ1) is 11.7. The molecule has 7 heteroatoms. The van der Waals surface area contributed by atoms with Crippen LogP contribution in [-0.2, 0) is 4.79 Å². The maximum atomic E-state index is 12.3. The highest BCUT2D eigenvalue weighted by Gasteiger charge is 2.26.